The van der Waals surface area contributed by atoms with Gasteiger partial charge in [0, 0.05) is 31.5 Å². The Bertz CT molecular complexity index is 445. The van der Waals surface area contributed by atoms with Crippen molar-refractivity contribution in [3.63, 3.8) is 0 Å². The second kappa shape index (κ2) is 5.83. The van der Waals surface area contributed by atoms with Crippen LogP contribution < -0.4 is 10.6 Å². The van der Waals surface area contributed by atoms with Crippen LogP contribution in [0.2, 0.25) is 0 Å². The second-order valence-electron chi connectivity index (χ2n) is 4.67. The summed E-state index contributed by atoms with van der Waals surface area (Å²) in [5.74, 6) is -0.200. The van der Waals surface area contributed by atoms with Gasteiger partial charge < -0.3 is 10.6 Å². The van der Waals surface area contributed by atoms with Crippen LogP contribution in [-0.4, -0.2) is 52.3 Å². The number of imide groups is 1. The van der Waals surface area contributed by atoms with E-state index in [1.807, 2.05) is 30.8 Å². The van der Waals surface area contributed by atoms with Gasteiger partial charge in [0.05, 0.1) is 12.6 Å². The first-order valence-corrected chi connectivity index (χ1v) is 6.40. The van der Waals surface area contributed by atoms with Gasteiger partial charge in [0.1, 0.15) is 0 Å². The van der Waals surface area contributed by atoms with E-state index in [1.165, 1.54) is 4.90 Å². The quantitative estimate of drug-likeness (QED) is 0.784. The minimum absolute atomic E-state index is 0.0783. The van der Waals surface area contributed by atoms with E-state index in [9.17, 15) is 9.59 Å². The molecule has 19 heavy (non-hydrogen) atoms. The molecule has 1 fully saturated rings. The fourth-order valence-electron chi connectivity index (χ4n) is 1.97. The Balaban J connectivity index is 1.81. The van der Waals surface area contributed by atoms with Crippen LogP contribution in [0.5, 0.6) is 0 Å². The van der Waals surface area contributed by atoms with Crippen LogP contribution in [-0.2, 0) is 4.79 Å². The smallest absolute Gasteiger partial charge is 0.324 e. The van der Waals surface area contributed by atoms with Crippen molar-refractivity contribution in [2.45, 2.75) is 25.9 Å². The Labute approximate surface area is 111 Å². The highest BCUT2D eigenvalue weighted by molar-refractivity contribution is 5.96. The van der Waals surface area contributed by atoms with E-state index >= 15 is 0 Å². The fourth-order valence-corrected chi connectivity index (χ4v) is 1.97. The first-order chi connectivity index (χ1) is 9.09. The Kier molecular flexibility index (Phi) is 4.16. The average Bonchev–Trinajstić information content (AvgIpc) is 3.05. The summed E-state index contributed by atoms with van der Waals surface area (Å²) in [4.78, 5) is 24.4. The summed E-state index contributed by atoms with van der Waals surface area (Å²) in [6.45, 7) is 5.15. The fraction of sp³-hybridized carbons (Fsp3) is 0.583. The van der Waals surface area contributed by atoms with Gasteiger partial charge in [0.25, 0.3) is 0 Å². The first-order valence-electron chi connectivity index (χ1n) is 6.40. The molecule has 1 saturated heterocycles. The molecular weight excluding hydrogens is 246 g/mol. The van der Waals surface area contributed by atoms with Gasteiger partial charge in [-0.2, -0.15) is 5.10 Å². The molecule has 0 spiro atoms. The molecule has 2 rings (SSSR count). The zero-order chi connectivity index (χ0) is 13.8. The molecule has 104 valence electrons. The van der Waals surface area contributed by atoms with Gasteiger partial charge in [0.2, 0.25) is 5.91 Å². The number of hydrogen-bond donors (Lipinski definition) is 2. The number of carbonyl (C=O) groups excluding carboxylic acids is 2. The molecule has 1 aliphatic heterocycles. The molecule has 1 aromatic heterocycles. The predicted molar refractivity (Wildman–Crippen MR) is 69.5 cm³/mol. The summed E-state index contributed by atoms with van der Waals surface area (Å²) in [7, 11) is 0. The highest BCUT2D eigenvalue weighted by Crippen LogP contribution is 2.08. The molecule has 0 unspecified atom stereocenters. The normalized spacial score (nSPS) is 18.2. The van der Waals surface area contributed by atoms with Crippen LogP contribution in [0.1, 0.15) is 19.9 Å². The van der Waals surface area contributed by atoms with Gasteiger partial charge >= 0.3 is 6.03 Å². The zero-order valence-electron chi connectivity index (χ0n) is 11.2. The van der Waals surface area contributed by atoms with Crippen molar-refractivity contribution in [2.75, 3.05) is 19.6 Å². The van der Waals surface area contributed by atoms with Gasteiger partial charge in [-0.05, 0) is 19.9 Å². The number of hydrogen-bond acceptors (Lipinski definition) is 4. The third-order valence-corrected chi connectivity index (χ3v) is 3.40. The topological polar surface area (TPSA) is 79.3 Å². The molecule has 1 aliphatic rings. The molecule has 2 heterocycles. The maximum atomic E-state index is 11.8. The molecule has 1 aromatic rings. The van der Waals surface area contributed by atoms with E-state index in [0.717, 1.165) is 0 Å². The van der Waals surface area contributed by atoms with E-state index in [0.29, 0.717) is 13.1 Å². The standard InChI is InChI=1S/C12H19N5O2/c1-9(10(2)17-6-3-4-15-17)14-8-11(18)16-7-5-13-12(16)19/h3-4,6,9-10,14H,5,7-8H2,1-2H3,(H,13,19)/t9-,10-/m0/s1. The molecule has 0 saturated carbocycles. The molecule has 3 amide bonds. The van der Waals surface area contributed by atoms with Crippen molar-refractivity contribution in [1.29, 1.82) is 0 Å². The Morgan fingerprint density at radius 1 is 1.58 bits per heavy atom. The van der Waals surface area contributed by atoms with Crippen molar-refractivity contribution < 1.29 is 9.59 Å². The van der Waals surface area contributed by atoms with Crippen LogP contribution in [0, 0.1) is 0 Å². The van der Waals surface area contributed by atoms with Crippen LogP contribution in [0.3, 0.4) is 0 Å². The highest BCUT2D eigenvalue weighted by Gasteiger charge is 2.26. The van der Waals surface area contributed by atoms with E-state index in [4.69, 9.17) is 0 Å². The molecular formula is C12H19N5O2. The largest absolute Gasteiger partial charge is 0.336 e. The van der Waals surface area contributed by atoms with Gasteiger partial charge in [-0.25, -0.2) is 4.79 Å². The molecule has 0 bridgehead atoms. The summed E-state index contributed by atoms with van der Waals surface area (Å²) in [6.07, 6.45) is 3.61. The van der Waals surface area contributed by atoms with Crippen LogP contribution in [0.15, 0.2) is 18.5 Å². The summed E-state index contributed by atoms with van der Waals surface area (Å²) in [5, 5.41) is 9.91. The SMILES string of the molecule is C[C@H](NCC(=O)N1CCNC1=O)[C@H](C)n1cccn1. The Morgan fingerprint density at radius 3 is 2.95 bits per heavy atom. The Hall–Kier alpha value is -1.89. The maximum absolute atomic E-state index is 11.8. The number of nitrogens with one attached hydrogen (secondary N) is 2. The van der Waals surface area contributed by atoms with Crippen LogP contribution >= 0.6 is 0 Å². The lowest BCUT2D eigenvalue weighted by Gasteiger charge is -2.22. The summed E-state index contributed by atoms with van der Waals surface area (Å²) in [5.41, 5.74) is 0. The number of aromatic nitrogens is 2. The average molecular weight is 265 g/mol. The van der Waals surface area contributed by atoms with Gasteiger partial charge in [-0.1, -0.05) is 0 Å². The van der Waals surface area contributed by atoms with Crippen molar-refractivity contribution in [2.24, 2.45) is 0 Å². The van der Waals surface area contributed by atoms with Crippen LogP contribution in [0.4, 0.5) is 4.79 Å². The predicted octanol–water partition coefficient (Wildman–Crippen LogP) is -0.0260. The lowest BCUT2D eigenvalue weighted by atomic mass is 10.2. The highest BCUT2D eigenvalue weighted by atomic mass is 16.2. The number of amides is 3. The van der Waals surface area contributed by atoms with E-state index in [1.54, 1.807) is 6.20 Å². The van der Waals surface area contributed by atoms with Crippen molar-refractivity contribution in [1.82, 2.24) is 25.3 Å². The third-order valence-electron chi connectivity index (χ3n) is 3.40. The molecule has 7 nitrogen and oxygen atoms in total. The summed E-state index contributed by atoms with van der Waals surface area (Å²) in [6, 6.07) is 1.77. The van der Waals surface area contributed by atoms with E-state index < -0.39 is 0 Å². The van der Waals surface area contributed by atoms with Crippen LogP contribution in [0.25, 0.3) is 0 Å². The number of urea groups is 1. The van der Waals surface area contributed by atoms with E-state index in [-0.39, 0.29) is 30.6 Å². The molecule has 0 aliphatic carbocycles. The minimum Gasteiger partial charge on any atom is -0.336 e. The molecule has 7 heteroatoms. The van der Waals surface area contributed by atoms with Crippen molar-refractivity contribution in [3.05, 3.63) is 18.5 Å². The summed E-state index contributed by atoms with van der Waals surface area (Å²) < 4.78 is 1.84. The second-order valence-corrected chi connectivity index (χ2v) is 4.67. The van der Waals surface area contributed by atoms with Gasteiger partial charge in [-0.15, -0.1) is 0 Å². The van der Waals surface area contributed by atoms with Gasteiger partial charge in [0.15, 0.2) is 0 Å². The molecule has 0 aromatic carbocycles. The van der Waals surface area contributed by atoms with Crippen molar-refractivity contribution in [3.8, 4) is 0 Å². The lowest BCUT2D eigenvalue weighted by Crippen LogP contribution is -2.44. The first kappa shape index (κ1) is 13.5. The van der Waals surface area contributed by atoms with E-state index in [2.05, 4.69) is 15.7 Å². The Morgan fingerprint density at radius 2 is 2.37 bits per heavy atom. The lowest BCUT2D eigenvalue weighted by molar-refractivity contribution is -0.126. The number of carbonyl (C=O) groups is 2. The molecule has 0 radical (unpaired) electrons. The summed E-state index contributed by atoms with van der Waals surface area (Å²) >= 11 is 0. The zero-order valence-corrected chi connectivity index (χ0v) is 11.2. The number of rotatable bonds is 5. The molecule has 2 N–H and O–H groups in total. The van der Waals surface area contributed by atoms with Gasteiger partial charge in [-0.3, -0.25) is 14.4 Å². The maximum Gasteiger partial charge on any atom is 0.324 e. The van der Waals surface area contributed by atoms with Crippen molar-refractivity contribution >= 4 is 11.9 Å². The minimum atomic E-state index is -0.306. The third kappa shape index (κ3) is 3.11. The monoisotopic (exact) mass is 265 g/mol. The molecule has 2 atom stereocenters. The number of nitrogens with zero attached hydrogens (tertiary/aromatic N) is 3.